The SMILES string of the molecule is CC(CC1CC1)NS(=O)(=O)c1ccccc1C(N)=S. The molecule has 0 aromatic heterocycles. The summed E-state index contributed by atoms with van der Waals surface area (Å²) in [7, 11) is -3.57. The minimum Gasteiger partial charge on any atom is -0.389 e. The van der Waals surface area contributed by atoms with Gasteiger partial charge in [-0.05, 0) is 25.3 Å². The Kier molecular flexibility index (Phi) is 4.23. The molecule has 2 rings (SSSR count). The van der Waals surface area contributed by atoms with Crippen LogP contribution in [0.25, 0.3) is 0 Å². The van der Waals surface area contributed by atoms with Crippen LogP contribution in [0.2, 0.25) is 0 Å². The van der Waals surface area contributed by atoms with Gasteiger partial charge in [0.2, 0.25) is 10.0 Å². The summed E-state index contributed by atoms with van der Waals surface area (Å²) < 4.78 is 27.4. The van der Waals surface area contributed by atoms with Crippen molar-refractivity contribution in [2.45, 2.75) is 37.1 Å². The lowest BCUT2D eigenvalue weighted by molar-refractivity contribution is 0.530. The van der Waals surface area contributed by atoms with E-state index in [1.165, 1.54) is 18.9 Å². The molecule has 0 radical (unpaired) electrons. The third-order valence-corrected chi connectivity index (χ3v) is 5.05. The zero-order valence-electron chi connectivity index (χ0n) is 10.8. The second kappa shape index (κ2) is 5.56. The Morgan fingerprint density at radius 2 is 2.11 bits per heavy atom. The Balaban J connectivity index is 2.20. The van der Waals surface area contributed by atoms with Gasteiger partial charge in [0.1, 0.15) is 4.99 Å². The molecule has 19 heavy (non-hydrogen) atoms. The van der Waals surface area contributed by atoms with E-state index in [0.29, 0.717) is 11.5 Å². The van der Waals surface area contributed by atoms with Gasteiger partial charge in [-0.25, -0.2) is 13.1 Å². The highest BCUT2D eigenvalue weighted by molar-refractivity contribution is 7.89. The smallest absolute Gasteiger partial charge is 0.241 e. The summed E-state index contributed by atoms with van der Waals surface area (Å²) in [6.07, 6.45) is 3.29. The fourth-order valence-corrected chi connectivity index (χ4v) is 3.86. The summed E-state index contributed by atoms with van der Waals surface area (Å²) >= 11 is 4.90. The monoisotopic (exact) mass is 298 g/mol. The van der Waals surface area contributed by atoms with Gasteiger partial charge in [-0.2, -0.15) is 0 Å². The predicted octanol–water partition coefficient (Wildman–Crippen LogP) is 1.79. The van der Waals surface area contributed by atoms with Gasteiger partial charge in [-0.1, -0.05) is 43.3 Å². The van der Waals surface area contributed by atoms with E-state index in [4.69, 9.17) is 18.0 Å². The lowest BCUT2D eigenvalue weighted by atomic mass is 10.2. The zero-order valence-corrected chi connectivity index (χ0v) is 12.4. The van der Waals surface area contributed by atoms with Gasteiger partial charge >= 0.3 is 0 Å². The molecule has 1 aromatic carbocycles. The van der Waals surface area contributed by atoms with Gasteiger partial charge in [0.05, 0.1) is 4.90 Å². The van der Waals surface area contributed by atoms with Crippen LogP contribution in [0.1, 0.15) is 31.7 Å². The van der Waals surface area contributed by atoms with E-state index < -0.39 is 10.0 Å². The van der Waals surface area contributed by atoms with Crippen LogP contribution in [0.15, 0.2) is 29.2 Å². The van der Waals surface area contributed by atoms with Crippen LogP contribution in [0, 0.1) is 5.92 Å². The van der Waals surface area contributed by atoms with Crippen LogP contribution in [-0.2, 0) is 10.0 Å². The molecular formula is C13H18N2O2S2. The molecule has 1 aliphatic rings. The lowest BCUT2D eigenvalue weighted by Crippen LogP contribution is -2.34. The third-order valence-electron chi connectivity index (χ3n) is 3.18. The molecule has 1 aromatic rings. The van der Waals surface area contributed by atoms with E-state index >= 15 is 0 Å². The molecule has 1 aliphatic carbocycles. The van der Waals surface area contributed by atoms with Crippen LogP contribution in [0.3, 0.4) is 0 Å². The van der Waals surface area contributed by atoms with Gasteiger partial charge in [-0.15, -0.1) is 0 Å². The standard InChI is InChI=1S/C13H18N2O2S2/c1-9(8-10-6-7-10)15-19(16,17)12-5-3-2-4-11(12)13(14)18/h2-5,9-10,15H,6-8H2,1H3,(H2,14,18). The molecule has 0 amide bonds. The molecule has 0 bridgehead atoms. The van der Waals surface area contributed by atoms with Crippen molar-refractivity contribution in [1.82, 2.24) is 4.72 Å². The predicted molar refractivity (Wildman–Crippen MR) is 79.5 cm³/mol. The van der Waals surface area contributed by atoms with Gasteiger partial charge in [-0.3, -0.25) is 0 Å². The average Bonchev–Trinajstić information content (AvgIpc) is 3.12. The number of hydrogen-bond acceptors (Lipinski definition) is 3. The summed E-state index contributed by atoms with van der Waals surface area (Å²) in [4.78, 5) is 0.251. The van der Waals surface area contributed by atoms with E-state index in [0.717, 1.165) is 6.42 Å². The van der Waals surface area contributed by atoms with Gasteiger partial charge in [0, 0.05) is 11.6 Å². The maximum absolute atomic E-state index is 12.3. The van der Waals surface area contributed by atoms with Crippen LogP contribution in [0.5, 0.6) is 0 Å². The highest BCUT2D eigenvalue weighted by Gasteiger charge is 2.27. The summed E-state index contributed by atoms with van der Waals surface area (Å²) in [6.45, 7) is 1.89. The Bertz CT molecular complexity index is 580. The van der Waals surface area contributed by atoms with Crippen molar-refractivity contribution < 1.29 is 8.42 Å². The molecule has 4 nitrogen and oxygen atoms in total. The van der Waals surface area contributed by atoms with Crippen molar-refractivity contribution >= 4 is 27.2 Å². The van der Waals surface area contributed by atoms with Crippen LogP contribution in [0.4, 0.5) is 0 Å². The largest absolute Gasteiger partial charge is 0.389 e. The van der Waals surface area contributed by atoms with Crippen molar-refractivity contribution in [3.05, 3.63) is 29.8 Å². The molecule has 1 atom stereocenters. The summed E-state index contributed by atoms with van der Waals surface area (Å²) in [6, 6.07) is 6.48. The number of benzene rings is 1. The van der Waals surface area contributed by atoms with Crippen molar-refractivity contribution in [1.29, 1.82) is 0 Å². The van der Waals surface area contributed by atoms with Gasteiger partial charge in [0.25, 0.3) is 0 Å². The topological polar surface area (TPSA) is 72.2 Å². The van der Waals surface area contributed by atoms with Crippen LogP contribution in [-0.4, -0.2) is 19.4 Å². The van der Waals surface area contributed by atoms with Crippen molar-refractivity contribution in [3.8, 4) is 0 Å². The van der Waals surface area contributed by atoms with E-state index in [2.05, 4.69) is 4.72 Å². The minimum atomic E-state index is -3.57. The molecule has 0 saturated heterocycles. The minimum absolute atomic E-state index is 0.0723. The Labute approximate surface area is 119 Å². The maximum Gasteiger partial charge on any atom is 0.241 e. The molecule has 1 unspecified atom stereocenters. The number of rotatable bonds is 6. The average molecular weight is 298 g/mol. The van der Waals surface area contributed by atoms with Gasteiger partial charge < -0.3 is 5.73 Å². The maximum atomic E-state index is 12.3. The highest BCUT2D eigenvalue weighted by Crippen LogP contribution is 2.33. The molecular weight excluding hydrogens is 280 g/mol. The normalized spacial score (nSPS) is 17.1. The number of sulfonamides is 1. The van der Waals surface area contributed by atoms with Crippen molar-refractivity contribution in [2.24, 2.45) is 11.7 Å². The summed E-state index contributed by atoms with van der Waals surface area (Å²) in [5.41, 5.74) is 5.96. The molecule has 1 fully saturated rings. The Morgan fingerprint density at radius 1 is 1.47 bits per heavy atom. The second-order valence-electron chi connectivity index (χ2n) is 5.06. The van der Waals surface area contributed by atoms with Gasteiger partial charge in [0.15, 0.2) is 0 Å². The molecule has 0 heterocycles. The highest BCUT2D eigenvalue weighted by atomic mass is 32.2. The van der Waals surface area contributed by atoms with E-state index in [1.807, 2.05) is 6.92 Å². The fourth-order valence-electron chi connectivity index (χ4n) is 2.13. The van der Waals surface area contributed by atoms with Crippen LogP contribution >= 0.6 is 12.2 Å². The molecule has 1 saturated carbocycles. The third kappa shape index (κ3) is 3.75. The van der Waals surface area contributed by atoms with E-state index in [-0.39, 0.29) is 15.9 Å². The second-order valence-corrected chi connectivity index (χ2v) is 7.18. The number of nitrogens with two attached hydrogens (primary N) is 1. The van der Waals surface area contributed by atoms with Crippen LogP contribution < -0.4 is 10.5 Å². The Morgan fingerprint density at radius 3 is 2.68 bits per heavy atom. The number of hydrogen-bond donors (Lipinski definition) is 2. The van der Waals surface area contributed by atoms with Crippen molar-refractivity contribution in [2.75, 3.05) is 0 Å². The summed E-state index contributed by atoms with van der Waals surface area (Å²) in [5, 5.41) is 0. The lowest BCUT2D eigenvalue weighted by Gasteiger charge is -2.15. The zero-order chi connectivity index (χ0) is 14.0. The first-order chi connectivity index (χ1) is 8.90. The fraction of sp³-hybridized carbons (Fsp3) is 0.462. The first-order valence-corrected chi connectivity index (χ1v) is 8.20. The number of thiocarbonyl (C=S) groups is 1. The molecule has 0 aliphatic heterocycles. The van der Waals surface area contributed by atoms with Crippen molar-refractivity contribution in [3.63, 3.8) is 0 Å². The number of nitrogens with one attached hydrogen (secondary N) is 1. The quantitative estimate of drug-likeness (QED) is 0.785. The molecule has 104 valence electrons. The molecule has 6 heteroatoms. The summed E-state index contributed by atoms with van der Waals surface area (Å²) in [5.74, 6) is 0.670. The molecule has 0 spiro atoms. The van der Waals surface area contributed by atoms with E-state index in [1.54, 1.807) is 18.2 Å². The molecule has 3 N–H and O–H groups in total. The van der Waals surface area contributed by atoms with E-state index in [9.17, 15) is 8.42 Å². The Hall–Kier alpha value is -0.980. The first kappa shape index (κ1) is 14.4. The first-order valence-electron chi connectivity index (χ1n) is 6.31.